The van der Waals surface area contributed by atoms with Gasteiger partial charge in [0.15, 0.2) is 0 Å². The summed E-state index contributed by atoms with van der Waals surface area (Å²) in [6, 6.07) is 20.6. The highest BCUT2D eigenvalue weighted by atomic mass is 16.5. The van der Waals surface area contributed by atoms with Crippen molar-refractivity contribution >= 4 is 5.97 Å². The Bertz CT molecular complexity index is 750. The van der Waals surface area contributed by atoms with Gasteiger partial charge >= 0.3 is 5.97 Å². The van der Waals surface area contributed by atoms with Gasteiger partial charge in [-0.05, 0) is 16.5 Å². The van der Waals surface area contributed by atoms with E-state index in [0.717, 1.165) is 24.2 Å². The molecule has 0 bridgehead atoms. The summed E-state index contributed by atoms with van der Waals surface area (Å²) < 4.78 is 5.10. The van der Waals surface area contributed by atoms with E-state index in [1.807, 2.05) is 42.6 Å². The minimum Gasteiger partial charge on any atom is -0.466 e. The second-order valence-corrected chi connectivity index (χ2v) is 7.30. The number of carbonyl (C=O) groups excluding carboxylic acids is 1. The first-order chi connectivity index (χ1) is 12.0. The van der Waals surface area contributed by atoms with Gasteiger partial charge in [-0.2, -0.15) is 0 Å². The molecule has 0 aliphatic carbocycles. The molecule has 3 rings (SSSR count). The SMILES string of the molecule is COC(=O)C1=CN(Cc2ccccc2)CC(C)(C)C1c1ccccc1. The molecule has 2 aromatic carbocycles. The van der Waals surface area contributed by atoms with Crippen molar-refractivity contribution in [2.24, 2.45) is 5.41 Å². The monoisotopic (exact) mass is 335 g/mol. The molecule has 1 aliphatic heterocycles. The topological polar surface area (TPSA) is 29.5 Å². The Hall–Kier alpha value is -2.55. The van der Waals surface area contributed by atoms with Crippen molar-refractivity contribution in [3.63, 3.8) is 0 Å². The second kappa shape index (κ2) is 7.14. The summed E-state index contributed by atoms with van der Waals surface area (Å²) in [5, 5.41) is 0. The Morgan fingerprint density at radius 2 is 1.68 bits per heavy atom. The Balaban J connectivity index is 1.99. The first-order valence-corrected chi connectivity index (χ1v) is 8.64. The van der Waals surface area contributed by atoms with E-state index in [1.54, 1.807) is 0 Å². The molecular weight excluding hydrogens is 310 g/mol. The highest BCUT2D eigenvalue weighted by Crippen LogP contribution is 2.45. The molecule has 1 heterocycles. The van der Waals surface area contributed by atoms with Gasteiger partial charge in [0.05, 0.1) is 12.7 Å². The lowest BCUT2D eigenvalue weighted by molar-refractivity contribution is -0.137. The van der Waals surface area contributed by atoms with Gasteiger partial charge in [0.1, 0.15) is 0 Å². The van der Waals surface area contributed by atoms with Gasteiger partial charge in [0, 0.05) is 25.2 Å². The van der Waals surface area contributed by atoms with E-state index in [9.17, 15) is 4.79 Å². The summed E-state index contributed by atoms with van der Waals surface area (Å²) in [6.07, 6.45) is 1.99. The average molecular weight is 335 g/mol. The van der Waals surface area contributed by atoms with E-state index in [1.165, 1.54) is 12.7 Å². The fraction of sp³-hybridized carbons (Fsp3) is 0.318. The third-order valence-electron chi connectivity index (χ3n) is 4.81. The zero-order chi connectivity index (χ0) is 17.9. The van der Waals surface area contributed by atoms with Crippen LogP contribution in [-0.2, 0) is 16.1 Å². The third kappa shape index (κ3) is 3.76. The van der Waals surface area contributed by atoms with E-state index in [4.69, 9.17) is 4.74 Å². The van der Waals surface area contributed by atoms with Crippen LogP contribution in [0.2, 0.25) is 0 Å². The molecule has 0 spiro atoms. The summed E-state index contributed by atoms with van der Waals surface area (Å²) in [4.78, 5) is 14.7. The van der Waals surface area contributed by atoms with Gasteiger partial charge in [-0.3, -0.25) is 0 Å². The van der Waals surface area contributed by atoms with Crippen molar-refractivity contribution in [2.75, 3.05) is 13.7 Å². The molecule has 0 saturated heterocycles. The van der Waals surface area contributed by atoms with Crippen molar-refractivity contribution in [1.29, 1.82) is 0 Å². The van der Waals surface area contributed by atoms with E-state index in [-0.39, 0.29) is 17.3 Å². The lowest BCUT2D eigenvalue weighted by Crippen LogP contribution is -2.42. The predicted molar refractivity (Wildman–Crippen MR) is 99.9 cm³/mol. The van der Waals surface area contributed by atoms with Gasteiger partial charge < -0.3 is 9.64 Å². The van der Waals surface area contributed by atoms with Crippen LogP contribution < -0.4 is 0 Å². The molecule has 0 aromatic heterocycles. The zero-order valence-corrected chi connectivity index (χ0v) is 15.1. The maximum absolute atomic E-state index is 12.5. The lowest BCUT2D eigenvalue weighted by atomic mass is 9.69. The van der Waals surface area contributed by atoms with Crippen LogP contribution >= 0.6 is 0 Å². The number of hydrogen-bond donors (Lipinski definition) is 0. The van der Waals surface area contributed by atoms with Crippen LogP contribution in [0.5, 0.6) is 0 Å². The number of nitrogens with zero attached hydrogens (tertiary/aromatic N) is 1. The summed E-state index contributed by atoms with van der Waals surface area (Å²) in [5.41, 5.74) is 3.02. The summed E-state index contributed by atoms with van der Waals surface area (Å²) in [7, 11) is 1.45. The highest BCUT2D eigenvalue weighted by Gasteiger charge is 2.41. The van der Waals surface area contributed by atoms with E-state index >= 15 is 0 Å². The van der Waals surface area contributed by atoms with Crippen molar-refractivity contribution in [2.45, 2.75) is 26.3 Å². The highest BCUT2D eigenvalue weighted by molar-refractivity contribution is 5.90. The number of esters is 1. The molecule has 0 amide bonds. The van der Waals surface area contributed by atoms with Crippen molar-refractivity contribution < 1.29 is 9.53 Å². The Labute approximate surface area is 149 Å². The van der Waals surface area contributed by atoms with Gasteiger partial charge in [0.25, 0.3) is 0 Å². The first kappa shape index (κ1) is 17.3. The first-order valence-electron chi connectivity index (χ1n) is 8.64. The van der Waals surface area contributed by atoms with Gasteiger partial charge in [-0.15, -0.1) is 0 Å². The number of ether oxygens (including phenoxy) is 1. The largest absolute Gasteiger partial charge is 0.466 e. The number of carbonyl (C=O) groups is 1. The van der Waals surface area contributed by atoms with Gasteiger partial charge in [0.2, 0.25) is 0 Å². The van der Waals surface area contributed by atoms with Crippen LogP contribution in [0, 0.1) is 5.41 Å². The maximum atomic E-state index is 12.5. The Morgan fingerprint density at radius 3 is 2.28 bits per heavy atom. The normalized spacial score (nSPS) is 19.2. The molecule has 0 saturated carbocycles. The molecule has 25 heavy (non-hydrogen) atoms. The van der Waals surface area contributed by atoms with E-state index < -0.39 is 0 Å². The smallest absolute Gasteiger partial charge is 0.335 e. The van der Waals surface area contributed by atoms with Crippen molar-refractivity contribution in [3.05, 3.63) is 83.6 Å². The quantitative estimate of drug-likeness (QED) is 0.777. The number of methoxy groups -OCH3 is 1. The molecule has 0 radical (unpaired) electrons. The van der Waals surface area contributed by atoms with Crippen molar-refractivity contribution in [1.82, 2.24) is 4.90 Å². The summed E-state index contributed by atoms with van der Waals surface area (Å²) in [5.74, 6) is -0.229. The molecule has 130 valence electrons. The Kier molecular flexibility index (Phi) is 4.93. The van der Waals surface area contributed by atoms with Crippen LogP contribution in [0.25, 0.3) is 0 Å². The third-order valence-corrected chi connectivity index (χ3v) is 4.81. The van der Waals surface area contributed by atoms with Crippen LogP contribution in [0.15, 0.2) is 72.4 Å². The van der Waals surface area contributed by atoms with Crippen molar-refractivity contribution in [3.8, 4) is 0 Å². The maximum Gasteiger partial charge on any atom is 0.335 e. The molecule has 3 nitrogen and oxygen atoms in total. The molecule has 0 N–H and O–H groups in total. The standard InChI is InChI=1S/C22H25NO2/c1-22(2)16-23(14-17-10-6-4-7-11-17)15-19(21(24)25-3)20(22)18-12-8-5-9-13-18/h4-13,15,20H,14,16H2,1-3H3. The molecule has 3 heteroatoms. The lowest BCUT2D eigenvalue weighted by Gasteiger charge is -2.44. The zero-order valence-electron chi connectivity index (χ0n) is 15.1. The minimum atomic E-state index is -0.250. The van der Waals surface area contributed by atoms with E-state index in [0.29, 0.717) is 0 Å². The molecule has 1 atom stereocenters. The van der Waals surface area contributed by atoms with Gasteiger partial charge in [-0.25, -0.2) is 4.79 Å². The fourth-order valence-corrected chi connectivity index (χ4v) is 3.84. The molecular formula is C22H25NO2. The molecule has 0 fully saturated rings. The number of benzene rings is 2. The Morgan fingerprint density at radius 1 is 1.08 bits per heavy atom. The predicted octanol–water partition coefficient (Wildman–Crippen LogP) is 4.37. The molecule has 2 aromatic rings. The van der Waals surface area contributed by atoms with E-state index in [2.05, 4.69) is 43.0 Å². The van der Waals surface area contributed by atoms with Crippen LogP contribution in [0.1, 0.15) is 30.9 Å². The minimum absolute atomic E-state index is 0.0215. The number of rotatable bonds is 4. The molecule has 1 unspecified atom stereocenters. The van der Waals surface area contributed by atoms with Crippen LogP contribution in [-0.4, -0.2) is 24.5 Å². The molecule has 1 aliphatic rings. The summed E-state index contributed by atoms with van der Waals surface area (Å²) >= 11 is 0. The average Bonchev–Trinajstić information content (AvgIpc) is 2.61. The van der Waals surface area contributed by atoms with Gasteiger partial charge in [-0.1, -0.05) is 74.5 Å². The van der Waals surface area contributed by atoms with Crippen LogP contribution in [0.3, 0.4) is 0 Å². The second-order valence-electron chi connectivity index (χ2n) is 7.30. The number of hydrogen-bond acceptors (Lipinski definition) is 3. The van der Waals surface area contributed by atoms with Crippen LogP contribution in [0.4, 0.5) is 0 Å². The fourth-order valence-electron chi connectivity index (χ4n) is 3.84. The summed E-state index contributed by atoms with van der Waals surface area (Å²) in [6.45, 7) is 6.10.